The van der Waals surface area contributed by atoms with Gasteiger partial charge in [-0.05, 0) is 99.1 Å². The average Bonchev–Trinajstić information content (AvgIpc) is 3.00. The maximum atomic E-state index is 6.29. The second-order valence-corrected chi connectivity index (χ2v) is 16.2. The fourth-order valence-corrected chi connectivity index (χ4v) is 9.84. The van der Waals surface area contributed by atoms with Crippen molar-refractivity contribution in [3.63, 3.8) is 0 Å². The summed E-state index contributed by atoms with van der Waals surface area (Å²) in [6, 6.07) is 16.2. The first-order valence-electron chi connectivity index (χ1n) is 14.7. The minimum absolute atomic E-state index is 0.156. The number of para-hydroxylation sites is 1. The van der Waals surface area contributed by atoms with E-state index in [4.69, 9.17) is 60.2 Å². The first-order valence-corrected chi connectivity index (χ1v) is 19.9. The summed E-state index contributed by atoms with van der Waals surface area (Å²) in [5.41, 5.74) is 2.32. The lowest BCUT2D eigenvalue weighted by atomic mass is 10.0. The molecule has 0 saturated heterocycles. The highest BCUT2D eigenvalue weighted by atomic mass is 32.5. The van der Waals surface area contributed by atoms with E-state index < -0.39 is 13.4 Å². The van der Waals surface area contributed by atoms with Crippen molar-refractivity contribution in [2.45, 2.75) is 59.0 Å². The molecule has 2 aromatic rings. The predicted molar refractivity (Wildman–Crippen MR) is 180 cm³/mol. The SMILES string of the molecule is CCCOP(=S)(OCCC)OP(=S)(OCCC)OCOC(COc1ccccc1CCc1cccc(OC)c1)CN(C)C. The third kappa shape index (κ3) is 15.3. The van der Waals surface area contributed by atoms with Gasteiger partial charge in [-0.15, -0.1) is 0 Å². The number of methoxy groups -OCH3 is 1. The predicted octanol–water partition coefficient (Wildman–Crippen LogP) is 7.53. The number of hydrogen-bond donors (Lipinski definition) is 0. The van der Waals surface area contributed by atoms with Gasteiger partial charge in [0.05, 0.1) is 26.9 Å². The molecule has 0 saturated carbocycles. The molecule has 0 amide bonds. The quantitative estimate of drug-likeness (QED) is 0.0818. The molecule has 9 nitrogen and oxygen atoms in total. The Morgan fingerprint density at radius 2 is 1.42 bits per heavy atom. The topological polar surface area (TPSA) is 77.1 Å². The summed E-state index contributed by atoms with van der Waals surface area (Å²) in [4.78, 5) is 2.03. The minimum Gasteiger partial charge on any atom is -0.497 e. The monoisotopic (exact) mass is 677 g/mol. The molecule has 43 heavy (non-hydrogen) atoms. The molecular weight excluding hydrogens is 628 g/mol. The van der Waals surface area contributed by atoms with Crippen LogP contribution in [-0.4, -0.2) is 72.0 Å². The summed E-state index contributed by atoms with van der Waals surface area (Å²) < 4.78 is 47.3. The van der Waals surface area contributed by atoms with Crippen molar-refractivity contribution < 1.29 is 36.6 Å². The summed E-state index contributed by atoms with van der Waals surface area (Å²) in [7, 11) is 5.63. The van der Waals surface area contributed by atoms with Crippen LogP contribution in [0.1, 0.15) is 51.2 Å². The highest BCUT2D eigenvalue weighted by Gasteiger charge is 2.33. The van der Waals surface area contributed by atoms with Crippen LogP contribution < -0.4 is 9.47 Å². The number of nitrogens with zero attached hydrogens (tertiary/aromatic N) is 1. The van der Waals surface area contributed by atoms with Gasteiger partial charge in [-0.25, -0.2) is 4.31 Å². The molecule has 2 atom stereocenters. The Kier molecular flexibility index (Phi) is 18.6. The van der Waals surface area contributed by atoms with E-state index in [1.54, 1.807) is 7.11 Å². The Labute approximate surface area is 268 Å². The van der Waals surface area contributed by atoms with Crippen molar-refractivity contribution in [2.24, 2.45) is 0 Å². The van der Waals surface area contributed by atoms with Crippen LogP contribution in [0.5, 0.6) is 11.5 Å². The van der Waals surface area contributed by atoms with Gasteiger partial charge in [-0.2, -0.15) is 0 Å². The highest BCUT2D eigenvalue weighted by Crippen LogP contribution is 2.66. The molecule has 0 bridgehead atoms. The fraction of sp³-hybridized carbons (Fsp3) is 0.600. The standard InChI is InChI=1S/C30H49NO8P2S2/c1-7-19-35-40(42,36-20-8-2)39-41(43,37-21-9-3)38-25-34-29(23-31(4)5)24-33-30-16-11-10-14-27(30)18-17-26-13-12-15-28(22-26)32-6/h10-16,22,29H,7-9,17-21,23-25H2,1-6H3. The smallest absolute Gasteiger partial charge is 0.336 e. The maximum Gasteiger partial charge on any atom is 0.336 e. The maximum absolute atomic E-state index is 6.29. The summed E-state index contributed by atoms with van der Waals surface area (Å²) in [6.45, 7) is 1.37. The third-order valence-corrected chi connectivity index (χ3v) is 11.8. The summed E-state index contributed by atoms with van der Waals surface area (Å²) in [5, 5.41) is 0. The molecule has 0 spiro atoms. The summed E-state index contributed by atoms with van der Waals surface area (Å²) in [5.74, 6) is 1.67. The Hall–Kier alpha value is -0.940. The van der Waals surface area contributed by atoms with E-state index in [0.29, 0.717) is 33.0 Å². The molecule has 244 valence electrons. The number of ether oxygens (including phenoxy) is 3. The first-order chi connectivity index (χ1) is 20.7. The number of benzene rings is 2. The number of rotatable bonds is 24. The Balaban J connectivity index is 2.05. The van der Waals surface area contributed by atoms with Crippen molar-refractivity contribution in [3.8, 4) is 11.5 Å². The van der Waals surface area contributed by atoms with Gasteiger partial charge in [0.2, 0.25) is 0 Å². The number of hydrogen-bond acceptors (Lipinski definition) is 11. The van der Waals surface area contributed by atoms with Crippen molar-refractivity contribution in [1.82, 2.24) is 4.90 Å². The minimum atomic E-state index is -3.32. The Bertz CT molecular complexity index is 1140. The van der Waals surface area contributed by atoms with Crippen LogP contribution in [0.2, 0.25) is 0 Å². The van der Waals surface area contributed by atoms with Crippen LogP contribution in [0.3, 0.4) is 0 Å². The molecule has 0 heterocycles. The van der Waals surface area contributed by atoms with Crippen LogP contribution >= 0.6 is 13.4 Å². The lowest BCUT2D eigenvalue weighted by Gasteiger charge is -2.29. The number of aryl methyl sites for hydroxylation is 2. The first kappa shape index (κ1) is 38.2. The zero-order valence-electron chi connectivity index (χ0n) is 26.4. The molecule has 2 unspecified atom stereocenters. The van der Waals surface area contributed by atoms with Crippen LogP contribution in [-0.2, 0) is 63.6 Å². The molecule has 0 aliphatic rings. The molecule has 0 aliphatic heterocycles. The third-order valence-electron chi connectivity index (χ3n) is 5.86. The average molecular weight is 678 g/mol. The molecular formula is C30H49NO8P2S2. The van der Waals surface area contributed by atoms with Crippen LogP contribution in [0.15, 0.2) is 48.5 Å². The number of likely N-dealkylation sites (N-methyl/N-ethyl adjacent to an activating group) is 1. The van der Waals surface area contributed by atoms with E-state index >= 15 is 0 Å². The van der Waals surface area contributed by atoms with E-state index in [0.717, 1.165) is 49.2 Å². The zero-order valence-corrected chi connectivity index (χ0v) is 29.8. The van der Waals surface area contributed by atoms with Gasteiger partial charge in [0.1, 0.15) is 24.2 Å². The van der Waals surface area contributed by atoms with Gasteiger partial charge in [-0.1, -0.05) is 51.1 Å². The molecule has 2 aromatic carbocycles. The van der Waals surface area contributed by atoms with E-state index in [1.807, 2.05) is 70.1 Å². The van der Waals surface area contributed by atoms with Crippen molar-refractivity contribution in [3.05, 3.63) is 59.7 Å². The second kappa shape index (κ2) is 21.0. The summed E-state index contributed by atoms with van der Waals surface area (Å²) in [6.07, 6.45) is 3.63. The molecule has 0 aliphatic carbocycles. The largest absolute Gasteiger partial charge is 0.497 e. The molecule has 0 radical (unpaired) electrons. The Morgan fingerprint density at radius 1 is 0.791 bits per heavy atom. The summed E-state index contributed by atoms with van der Waals surface area (Å²) >= 11 is 11.4. The lowest BCUT2D eigenvalue weighted by Crippen LogP contribution is -2.34. The highest BCUT2D eigenvalue weighted by molar-refractivity contribution is 8.14. The molecule has 0 aromatic heterocycles. The van der Waals surface area contributed by atoms with Crippen LogP contribution in [0, 0.1) is 0 Å². The molecule has 0 N–H and O–H groups in total. The molecule has 2 rings (SSSR count). The van der Waals surface area contributed by atoms with E-state index in [2.05, 4.69) is 18.2 Å². The lowest BCUT2D eigenvalue weighted by molar-refractivity contribution is -0.0656. The van der Waals surface area contributed by atoms with Gasteiger partial charge in [0, 0.05) is 6.54 Å². The van der Waals surface area contributed by atoms with Crippen LogP contribution in [0.25, 0.3) is 0 Å². The Morgan fingerprint density at radius 3 is 2.02 bits per heavy atom. The van der Waals surface area contributed by atoms with Crippen molar-refractivity contribution in [1.29, 1.82) is 0 Å². The zero-order chi connectivity index (χ0) is 31.6. The fourth-order valence-electron chi connectivity index (χ4n) is 3.79. The van der Waals surface area contributed by atoms with Crippen molar-refractivity contribution >= 4 is 37.1 Å². The van der Waals surface area contributed by atoms with Gasteiger partial charge in [-0.3, -0.25) is 4.52 Å². The van der Waals surface area contributed by atoms with Crippen molar-refractivity contribution in [2.75, 3.05) is 61.0 Å². The van der Waals surface area contributed by atoms with E-state index in [1.165, 1.54) is 5.56 Å². The molecule has 13 heteroatoms. The molecule has 0 fully saturated rings. The van der Waals surface area contributed by atoms with E-state index in [-0.39, 0.29) is 12.9 Å². The van der Waals surface area contributed by atoms with Gasteiger partial charge in [0.25, 0.3) is 0 Å². The van der Waals surface area contributed by atoms with Crippen LogP contribution in [0.4, 0.5) is 0 Å². The van der Waals surface area contributed by atoms with Gasteiger partial charge in [0.15, 0.2) is 6.79 Å². The van der Waals surface area contributed by atoms with E-state index in [9.17, 15) is 0 Å². The van der Waals surface area contributed by atoms with Gasteiger partial charge >= 0.3 is 13.4 Å². The second-order valence-electron chi connectivity index (χ2n) is 10.0. The van der Waals surface area contributed by atoms with Gasteiger partial charge < -0.3 is 32.7 Å². The normalized spacial score (nSPS) is 14.0.